The maximum absolute atomic E-state index is 13.5. The molecule has 1 amide bonds. The molecule has 32 heavy (non-hydrogen) atoms. The van der Waals surface area contributed by atoms with Crippen LogP contribution in [0.5, 0.6) is 0 Å². The van der Waals surface area contributed by atoms with Gasteiger partial charge in [0.25, 0.3) is 10.0 Å². The molecule has 0 aliphatic carbocycles. The SMILES string of the molecule is Cc1ccc(S(=O)(=O)N(CC(=O)NCc2ccc(Cl)cc2Cl)c2ccc(C)cc2C)cc1. The topological polar surface area (TPSA) is 66.5 Å². The molecule has 0 atom stereocenters. The molecule has 0 fully saturated rings. The maximum Gasteiger partial charge on any atom is 0.264 e. The predicted octanol–water partition coefficient (Wildman–Crippen LogP) is 5.43. The Bertz CT molecular complexity index is 1240. The number of hydrogen-bond donors (Lipinski definition) is 1. The van der Waals surface area contributed by atoms with Crippen LogP contribution in [-0.4, -0.2) is 20.9 Å². The maximum atomic E-state index is 13.5. The van der Waals surface area contributed by atoms with Crippen molar-refractivity contribution in [3.63, 3.8) is 0 Å². The highest BCUT2D eigenvalue weighted by Crippen LogP contribution is 2.28. The summed E-state index contributed by atoms with van der Waals surface area (Å²) in [5.74, 6) is -0.452. The predicted molar refractivity (Wildman–Crippen MR) is 130 cm³/mol. The molecule has 0 radical (unpaired) electrons. The van der Waals surface area contributed by atoms with Gasteiger partial charge in [-0.1, -0.05) is 64.7 Å². The molecule has 168 valence electrons. The number of nitrogens with one attached hydrogen (secondary N) is 1. The van der Waals surface area contributed by atoms with E-state index >= 15 is 0 Å². The fraction of sp³-hybridized carbons (Fsp3) is 0.208. The largest absolute Gasteiger partial charge is 0.350 e. The summed E-state index contributed by atoms with van der Waals surface area (Å²) in [6.07, 6.45) is 0. The second-order valence-electron chi connectivity index (χ2n) is 7.63. The number of halogens is 2. The van der Waals surface area contributed by atoms with E-state index < -0.39 is 15.9 Å². The Labute approximate surface area is 199 Å². The zero-order valence-corrected chi connectivity index (χ0v) is 20.4. The van der Waals surface area contributed by atoms with E-state index in [1.54, 1.807) is 48.5 Å². The average Bonchev–Trinajstić information content (AvgIpc) is 2.72. The minimum atomic E-state index is -3.97. The number of rotatable bonds is 7. The van der Waals surface area contributed by atoms with E-state index in [4.69, 9.17) is 23.2 Å². The second kappa shape index (κ2) is 9.94. The molecule has 0 aliphatic rings. The van der Waals surface area contributed by atoms with Crippen LogP contribution in [-0.2, 0) is 21.4 Å². The lowest BCUT2D eigenvalue weighted by molar-refractivity contribution is -0.119. The van der Waals surface area contributed by atoms with Gasteiger partial charge in [0.05, 0.1) is 10.6 Å². The lowest BCUT2D eigenvalue weighted by Gasteiger charge is -2.26. The van der Waals surface area contributed by atoms with E-state index in [1.165, 1.54) is 0 Å². The van der Waals surface area contributed by atoms with Crippen molar-refractivity contribution >= 4 is 44.8 Å². The average molecular weight is 491 g/mol. The number of hydrogen-bond acceptors (Lipinski definition) is 3. The van der Waals surface area contributed by atoms with Crippen molar-refractivity contribution in [1.29, 1.82) is 0 Å². The molecule has 3 aromatic carbocycles. The summed E-state index contributed by atoms with van der Waals surface area (Å²) in [5, 5.41) is 3.67. The Morgan fingerprint density at radius 2 is 1.56 bits per heavy atom. The van der Waals surface area contributed by atoms with Crippen LogP contribution in [0.25, 0.3) is 0 Å². The summed E-state index contributed by atoms with van der Waals surface area (Å²) < 4.78 is 28.1. The minimum Gasteiger partial charge on any atom is -0.350 e. The Morgan fingerprint density at radius 1 is 0.906 bits per heavy atom. The molecule has 8 heteroatoms. The van der Waals surface area contributed by atoms with Crippen LogP contribution in [0.1, 0.15) is 22.3 Å². The molecule has 0 bridgehead atoms. The van der Waals surface area contributed by atoms with Crippen LogP contribution in [0.15, 0.2) is 65.6 Å². The molecule has 0 aromatic heterocycles. The van der Waals surface area contributed by atoms with Crippen molar-refractivity contribution in [2.24, 2.45) is 0 Å². The second-order valence-corrected chi connectivity index (χ2v) is 10.3. The molecular formula is C24H24Cl2N2O3S. The van der Waals surface area contributed by atoms with E-state index in [2.05, 4.69) is 5.32 Å². The minimum absolute atomic E-state index is 0.122. The van der Waals surface area contributed by atoms with Gasteiger partial charge < -0.3 is 5.32 Å². The number of amides is 1. The quantitative estimate of drug-likeness (QED) is 0.479. The number of benzene rings is 3. The summed E-state index contributed by atoms with van der Waals surface area (Å²) in [6, 6.07) is 17.0. The molecule has 0 saturated heterocycles. The van der Waals surface area contributed by atoms with Gasteiger partial charge >= 0.3 is 0 Å². The Balaban J connectivity index is 1.90. The Kier molecular flexibility index (Phi) is 7.49. The van der Waals surface area contributed by atoms with Crippen LogP contribution < -0.4 is 9.62 Å². The Hall–Kier alpha value is -2.54. The van der Waals surface area contributed by atoms with Gasteiger partial charge in [0.15, 0.2) is 0 Å². The summed E-state index contributed by atoms with van der Waals surface area (Å²) in [5.41, 5.74) is 3.84. The molecule has 0 aliphatic heterocycles. The zero-order valence-electron chi connectivity index (χ0n) is 18.0. The molecule has 1 N–H and O–H groups in total. The number of anilines is 1. The van der Waals surface area contributed by atoms with Crippen molar-refractivity contribution in [3.8, 4) is 0 Å². The first-order chi connectivity index (χ1) is 15.1. The fourth-order valence-corrected chi connectivity index (χ4v) is 5.23. The summed E-state index contributed by atoms with van der Waals surface area (Å²) in [4.78, 5) is 12.9. The third-order valence-corrected chi connectivity index (χ3v) is 7.37. The highest BCUT2D eigenvalue weighted by Gasteiger charge is 2.28. The lowest BCUT2D eigenvalue weighted by Crippen LogP contribution is -2.41. The molecule has 3 aromatic rings. The summed E-state index contributed by atoms with van der Waals surface area (Å²) in [6.45, 7) is 5.42. The van der Waals surface area contributed by atoms with E-state index in [9.17, 15) is 13.2 Å². The van der Waals surface area contributed by atoms with Crippen molar-refractivity contribution in [2.75, 3.05) is 10.8 Å². The molecule has 0 spiro atoms. The van der Waals surface area contributed by atoms with Crippen LogP contribution in [0.4, 0.5) is 5.69 Å². The molecular weight excluding hydrogens is 467 g/mol. The first-order valence-electron chi connectivity index (χ1n) is 9.95. The highest BCUT2D eigenvalue weighted by atomic mass is 35.5. The molecule has 5 nitrogen and oxygen atoms in total. The fourth-order valence-electron chi connectivity index (χ4n) is 3.27. The first kappa shape index (κ1) is 24.1. The normalized spacial score (nSPS) is 11.3. The summed E-state index contributed by atoms with van der Waals surface area (Å²) >= 11 is 12.1. The van der Waals surface area contributed by atoms with Crippen LogP contribution >= 0.6 is 23.2 Å². The number of aryl methyl sites for hydroxylation is 3. The van der Waals surface area contributed by atoms with E-state index in [-0.39, 0.29) is 18.0 Å². The monoisotopic (exact) mass is 490 g/mol. The van der Waals surface area contributed by atoms with Crippen LogP contribution in [0.3, 0.4) is 0 Å². The number of carbonyl (C=O) groups is 1. The van der Waals surface area contributed by atoms with Gasteiger partial charge in [-0.25, -0.2) is 8.42 Å². The number of sulfonamides is 1. The van der Waals surface area contributed by atoms with Gasteiger partial charge in [-0.05, 0) is 62.2 Å². The van der Waals surface area contributed by atoms with Crippen molar-refractivity contribution in [3.05, 3.63) is 93.0 Å². The highest BCUT2D eigenvalue weighted by molar-refractivity contribution is 7.92. The standard InChI is InChI=1S/C24H24Cl2N2O3S/c1-16-4-9-21(10-5-16)32(30,31)28(23-11-6-17(2)12-18(23)3)15-24(29)27-14-19-7-8-20(25)13-22(19)26/h4-13H,14-15H2,1-3H3,(H,27,29). The van der Waals surface area contributed by atoms with Crippen molar-refractivity contribution in [2.45, 2.75) is 32.2 Å². The third kappa shape index (κ3) is 5.63. The molecule has 0 unspecified atom stereocenters. The third-order valence-electron chi connectivity index (χ3n) is 5.01. The zero-order chi connectivity index (χ0) is 23.5. The van der Waals surface area contributed by atoms with Gasteiger partial charge in [-0.2, -0.15) is 0 Å². The van der Waals surface area contributed by atoms with Crippen LogP contribution in [0, 0.1) is 20.8 Å². The first-order valence-corrected chi connectivity index (χ1v) is 12.1. The van der Waals surface area contributed by atoms with Gasteiger partial charge in [0, 0.05) is 16.6 Å². The van der Waals surface area contributed by atoms with Crippen molar-refractivity contribution < 1.29 is 13.2 Å². The van der Waals surface area contributed by atoms with E-state index in [0.29, 0.717) is 21.3 Å². The number of nitrogens with zero attached hydrogens (tertiary/aromatic N) is 1. The van der Waals surface area contributed by atoms with Gasteiger partial charge in [0.2, 0.25) is 5.91 Å². The van der Waals surface area contributed by atoms with E-state index in [1.807, 2.05) is 32.9 Å². The smallest absolute Gasteiger partial charge is 0.264 e. The van der Waals surface area contributed by atoms with Crippen LogP contribution in [0.2, 0.25) is 10.0 Å². The lowest BCUT2D eigenvalue weighted by atomic mass is 10.1. The molecule has 0 saturated carbocycles. The molecule has 3 rings (SSSR count). The number of carbonyl (C=O) groups excluding carboxylic acids is 1. The van der Waals surface area contributed by atoms with Gasteiger partial charge in [0.1, 0.15) is 6.54 Å². The summed E-state index contributed by atoms with van der Waals surface area (Å²) in [7, 11) is -3.97. The Morgan fingerprint density at radius 3 is 2.19 bits per heavy atom. The van der Waals surface area contributed by atoms with Gasteiger partial charge in [-0.3, -0.25) is 9.10 Å². The molecule has 0 heterocycles. The van der Waals surface area contributed by atoms with E-state index in [0.717, 1.165) is 21.0 Å². The van der Waals surface area contributed by atoms with Gasteiger partial charge in [-0.15, -0.1) is 0 Å². The van der Waals surface area contributed by atoms with Crippen molar-refractivity contribution in [1.82, 2.24) is 5.32 Å².